The number of amides is 1. The van der Waals surface area contributed by atoms with Gasteiger partial charge in [-0.2, -0.15) is 0 Å². The lowest BCUT2D eigenvalue weighted by atomic mass is 10.2. The molecule has 4 nitrogen and oxygen atoms in total. The Morgan fingerprint density at radius 2 is 1.83 bits per heavy atom. The summed E-state index contributed by atoms with van der Waals surface area (Å²) in [6.45, 7) is 4.10. The van der Waals surface area contributed by atoms with Crippen LogP contribution >= 0.6 is 22.9 Å². The van der Waals surface area contributed by atoms with Crippen molar-refractivity contribution in [1.29, 1.82) is 0 Å². The minimum Gasteiger partial charge on any atom is -0.486 e. The number of hydrogen-bond acceptors (Lipinski definition) is 4. The van der Waals surface area contributed by atoms with Crippen molar-refractivity contribution in [3.63, 3.8) is 0 Å². The number of hydrogen-bond donors (Lipinski definition) is 0. The Labute approximate surface area is 184 Å². The van der Waals surface area contributed by atoms with E-state index in [-0.39, 0.29) is 24.1 Å². The molecule has 0 aliphatic carbocycles. The van der Waals surface area contributed by atoms with Gasteiger partial charge in [-0.3, -0.25) is 9.69 Å². The normalized spacial score (nSPS) is 14.7. The summed E-state index contributed by atoms with van der Waals surface area (Å²) in [7, 11) is 0. The Balaban J connectivity index is 1.29. The Morgan fingerprint density at radius 1 is 1.03 bits per heavy atom. The van der Waals surface area contributed by atoms with Gasteiger partial charge in [0.1, 0.15) is 6.61 Å². The molecule has 0 N–H and O–H groups in total. The molecule has 0 unspecified atom stereocenters. The van der Waals surface area contributed by atoms with E-state index in [0.29, 0.717) is 18.0 Å². The molecule has 3 aromatic rings. The van der Waals surface area contributed by atoms with Crippen LogP contribution in [0.1, 0.15) is 20.8 Å². The number of carbonyl (C=O) groups is 1. The number of benzene rings is 2. The summed E-state index contributed by atoms with van der Waals surface area (Å²) in [5.41, 5.74) is 2.05. The van der Waals surface area contributed by atoms with Crippen LogP contribution < -0.4 is 4.74 Å². The van der Waals surface area contributed by atoms with Crippen molar-refractivity contribution in [1.82, 2.24) is 9.80 Å². The zero-order chi connectivity index (χ0) is 20.9. The summed E-state index contributed by atoms with van der Waals surface area (Å²) in [6, 6.07) is 16.0. The van der Waals surface area contributed by atoms with Crippen LogP contribution in [0.3, 0.4) is 0 Å². The van der Waals surface area contributed by atoms with E-state index < -0.39 is 0 Å². The first kappa shape index (κ1) is 20.8. The average Bonchev–Trinajstić information content (AvgIpc) is 3.22. The molecule has 0 saturated carbocycles. The van der Waals surface area contributed by atoms with Gasteiger partial charge in [0.25, 0.3) is 5.91 Å². The van der Waals surface area contributed by atoms with E-state index in [4.69, 9.17) is 16.3 Å². The van der Waals surface area contributed by atoms with Gasteiger partial charge in [0.15, 0.2) is 11.6 Å². The number of nitrogens with zero attached hydrogens (tertiary/aromatic N) is 2. The summed E-state index contributed by atoms with van der Waals surface area (Å²) in [5, 5.41) is 2.64. The van der Waals surface area contributed by atoms with Crippen molar-refractivity contribution < 1.29 is 13.9 Å². The van der Waals surface area contributed by atoms with Crippen molar-refractivity contribution in [2.75, 3.05) is 26.2 Å². The second-order valence-corrected chi connectivity index (χ2v) is 8.58. The van der Waals surface area contributed by atoms with E-state index in [2.05, 4.69) is 11.0 Å². The van der Waals surface area contributed by atoms with Crippen molar-refractivity contribution >= 4 is 28.8 Å². The third kappa shape index (κ3) is 5.19. The second kappa shape index (κ2) is 9.60. The summed E-state index contributed by atoms with van der Waals surface area (Å²) >= 11 is 7.47. The van der Waals surface area contributed by atoms with Crippen molar-refractivity contribution in [3.05, 3.63) is 86.8 Å². The number of carbonyl (C=O) groups excluding carboxylic acids is 1. The van der Waals surface area contributed by atoms with Gasteiger partial charge in [-0.1, -0.05) is 35.9 Å². The fraction of sp³-hybridized carbons (Fsp3) is 0.261. The van der Waals surface area contributed by atoms with Crippen LogP contribution in [0.4, 0.5) is 4.39 Å². The summed E-state index contributed by atoms with van der Waals surface area (Å²) in [5.74, 6) is -0.133. The van der Waals surface area contributed by atoms with Gasteiger partial charge < -0.3 is 9.64 Å². The lowest BCUT2D eigenvalue weighted by Crippen LogP contribution is -2.48. The summed E-state index contributed by atoms with van der Waals surface area (Å²) < 4.78 is 19.2. The molecular formula is C23H22ClFN2O2S. The molecule has 1 amide bonds. The fourth-order valence-corrected chi connectivity index (χ4v) is 4.52. The van der Waals surface area contributed by atoms with Crippen LogP contribution in [0.5, 0.6) is 5.75 Å². The predicted molar refractivity (Wildman–Crippen MR) is 118 cm³/mol. The maximum Gasteiger partial charge on any atom is 0.264 e. The first-order valence-corrected chi connectivity index (χ1v) is 11.0. The molecule has 4 rings (SSSR count). The lowest BCUT2D eigenvalue weighted by Gasteiger charge is -2.34. The van der Waals surface area contributed by atoms with E-state index in [1.807, 2.05) is 34.5 Å². The molecule has 2 heterocycles. The molecule has 0 radical (unpaired) electrons. The van der Waals surface area contributed by atoms with Crippen molar-refractivity contribution in [3.8, 4) is 5.75 Å². The molecule has 0 atom stereocenters. The van der Waals surface area contributed by atoms with E-state index in [9.17, 15) is 9.18 Å². The van der Waals surface area contributed by atoms with E-state index >= 15 is 0 Å². The Morgan fingerprint density at radius 3 is 2.60 bits per heavy atom. The number of piperazine rings is 1. The van der Waals surface area contributed by atoms with Gasteiger partial charge in [-0.15, -0.1) is 11.3 Å². The maximum atomic E-state index is 13.7. The molecule has 1 saturated heterocycles. The predicted octanol–water partition coefficient (Wildman–Crippen LogP) is 5.08. The maximum absolute atomic E-state index is 13.7. The second-order valence-electron chi connectivity index (χ2n) is 7.24. The highest BCUT2D eigenvalue weighted by atomic mass is 35.5. The quantitative estimate of drug-likeness (QED) is 0.531. The molecule has 0 bridgehead atoms. The first-order valence-electron chi connectivity index (χ1n) is 9.79. The Bertz CT molecular complexity index is 1020. The first-order chi connectivity index (χ1) is 14.6. The molecule has 0 spiro atoms. The van der Waals surface area contributed by atoms with Gasteiger partial charge in [-0.05, 0) is 41.3 Å². The fourth-order valence-electron chi connectivity index (χ4n) is 3.44. The van der Waals surface area contributed by atoms with Crippen LogP contribution in [0.2, 0.25) is 5.02 Å². The topological polar surface area (TPSA) is 32.8 Å². The molecule has 30 heavy (non-hydrogen) atoms. The third-order valence-corrected chi connectivity index (χ3v) is 6.25. The van der Waals surface area contributed by atoms with Gasteiger partial charge in [0.2, 0.25) is 0 Å². The van der Waals surface area contributed by atoms with Gasteiger partial charge in [0, 0.05) is 43.3 Å². The molecule has 1 aliphatic rings. The summed E-state index contributed by atoms with van der Waals surface area (Å²) in [6.07, 6.45) is 0. The zero-order valence-electron chi connectivity index (χ0n) is 16.4. The van der Waals surface area contributed by atoms with E-state index in [0.717, 1.165) is 30.2 Å². The number of para-hydroxylation sites is 1. The SMILES string of the molecule is O=C(c1cc(COc2ccccc2F)cs1)N1CCN(Cc2cccc(Cl)c2)CC1. The molecule has 156 valence electrons. The number of thiophene rings is 1. The standard InChI is InChI=1S/C23H22ClFN2O2S/c24-19-5-3-4-17(12-19)14-26-8-10-27(11-9-26)23(28)22-13-18(16-30-22)15-29-21-7-2-1-6-20(21)25/h1-7,12-13,16H,8-11,14-15H2. The largest absolute Gasteiger partial charge is 0.486 e. The molecule has 2 aromatic carbocycles. The number of rotatable bonds is 6. The molecule has 1 aliphatic heterocycles. The minimum atomic E-state index is -0.389. The smallest absolute Gasteiger partial charge is 0.264 e. The van der Waals surface area contributed by atoms with Crippen molar-refractivity contribution in [2.45, 2.75) is 13.2 Å². The van der Waals surface area contributed by atoms with Crippen LogP contribution in [-0.2, 0) is 13.2 Å². The minimum absolute atomic E-state index is 0.0412. The third-order valence-electron chi connectivity index (χ3n) is 5.05. The Hall–Kier alpha value is -2.41. The van der Waals surface area contributed by atoms with Crippen LogP contribution in [-0.4, -0.2) is 41.9 Å². The van der Waals surface area contributed by atoms with E-state index in [1.165, 1.54) is 23.0 Å². The van der Waals surface area contributed by atoms with Crippen LogP contribution in [0.25, 0.3) is 0 Å². The highest BCUT2D eigenvalue weighted by molar-refractivity contribution is 7.12. The molecule has 1 fully saturated rings. The highest BCUT2D eigenvalue weighted by Gasteiger charge is 2.23. The molecule has 7 heteroatoms. The monoisotopic (exact) mass is 444 g/mol. The van der Waals surface area contributed by atoms with Gasteiger partial charge in [0.05, 0.1) is 4.88 Å². The van der Waals surface area contributed by atoms with Gasteiger partial charge >= 0.3 is 0 Å². The molecule has 1 aromatic heterocycles. The van der Waals surface area contributed by atoms with Crippen LogP contribution in [0, 0.1) is 5.82 Å². The van der Waals surface area contributed by atoms with Crippen molar-refractivity contribution in [2.24, 2.45) is 0 Å². The average molecular weight is 445 g/mol. The number of ether oxygens (including phenoxy) is 1. The van der Waals surface area contributed by atoms with Gasteiger partial charge in [-0.25, -0.2) is 4.39 Å². The molecular weight excluding hydrogens is 423 g/mol. The van der Waals surface area contributed by atoms with Crippen LogP contribution in [0.15, 0.2) is 60.0 Å². The lowest BCUT2D eigenvalue weighted by molar-refractivity contribution is 0.0633. The van der Waals surface area contributed by atoms with E-state index in [1.54, 1.807) is 18.2 Å². The number of halogens is 2. The highest BCUT2D eigenvalue weighted by Crippen LogP contribution is 2.22. The zero-order valence-corrected chi connectivity index (χ0v) is 18.0. The Kier molecular flexibility index (Phi) is 6.67. The summed E-state index contributed by atoms with van der Waals surface area (Å²) in [4.78, 5) is 17.8.